The number of nitro groups is 2. The second-order valence-electron chi connectivity index (χ2n) is 7.64. The number of benzene rings is 2. The van der Waals surface area contributed by atoms with Gasteiger partial charge in [-0.2, -0.15) is 0 Å². The Labute approximate surface area is 198 Å². The molecule has 1 aliphatic rings. The average Bonchev–Trinajstić information content (AvgIpc) is 3.28. The van der Waals surface area contributed by atoms with Gasteiger partial charge in [0.1, 0.15) is 11.3 Å². The number of amides is 1. The summed E-state index contributed by atoms with van der Waals surface area (Å²) in [5.74, 6) is 0.164. The van der Waals surface area contributed by atoms with Crippen LogP contribution in [0.5, 0.6) is 5.75 Å². The van der Waals surface area contributed by atoms with E-state index in [9.17, 15) is 25.0 Å². The Morgan fingerprint density at radius 2 is 1.79 bits per heavy atom. The molecular formula is C21H22N6O6S. The maximum Gasteiger partial charge on any atom is 0.277 e. The van der Waals surface area contributed by atoms with E-state index in [1.807, 2.05) is 18.2 Å². The maximum atomic E-state index is 12.4. The van der Waals surface area contributed by atoms with Crippen LogP contribution in [0.2, 0.25) is 0 Å². The molecule has 4 rings (SSSR count). The molecule has 1 N–H and O–H groups in total. The second-order valence-corrected chi connectivity index (χ2v) is 8.65. The van der Waals surface area contributed by atoms with E-state index in [1.165, 1.54) is 0 Å². The lowest BCUT2D eigenvalue weighted by atomic mass is 10.1. The number of non-ortho nitro benzene ring substituents is 2. The van der Waals surface area contributed by atoms with E-state index in [2.05, 4.69) is 15.1 Å². The minimum Gasteiger partial charge on any atom is -0.494 e. The van der Waals surface area contributed by atoms with E-state index in [1.54, 1.807) is 18.4 Å². The van der Waals surface area contributed by atoms with Gasteiger partial charge in [0.25, 0.3) is 17.3 Å². The number of hydrogen-bond donors (Lipinski definition) is 1. The van der Waals surface area contributed by atoms with Crippen LogP contribution in [-0.4, -0.2) is 72.0 Å². The van der Waals surface area contributed by atoms with Crippen molar-refractivity contribution in [3.63, 3.8) is 0 Å². The monoisotopic (exact) mass is 486 g/mol. The van der Waals surface area contributed by atoms with Crippen molar-refractivity contribution in [3.8, 4) is 5.75 Å². The summed E-state index contributed by atoms with van der Waals surface area (Å²) in [7, 11) is 1.63. The number of rotatable bonds is 8. The number of ether oxygens (including phenoxy) is 1. The number of piperazine rings is 1. The molecule has 0 bridgehead atoms. The maximum absolute atomic E-state index is 12.4. The van der Waals surface area contributed by atoms with Crippen molar-refractivity contribution in [2.24, 2.45) is 0 Å². The van der Waals surface area contributed by atoms with Gasteiger partial charge in [-0.05, 0) is 12.1 Å². The molecule has 0 radical (unpaired) electrons. The zero-order chi connectivity index (χ0) is 24.2. The largest absolute Gasteiger partial charge is 0.494 e. The van der Waals surface area contributed by atoms with Gasteiger partial charge in [-0.25, -0.2) is 4.98 Å². The smallest absolute Gasteiger partial charge is 0.277 e. The summed E-state index contributed by atoms with van der Waals surface area (Å²) >= 11 is 1.62. The molecule has 0 spiro atoms. The number of fused-ring (bicyclic) bond motifs is 1. The molecule has 178 valence electrons. The minimum absolute atomic E-state index is 0.114. The third-order valence-corrected chi connectivity index (χ3v) is 6.61. The zero-order valence-electron chi connectivity index (χ0n) is 18.3. The van der Waals surface area contributed by atoms with Gasteiger partial charge >= 0.3 is 0 Å². The van der Waals surface area contributed by atoms with E-state index < -0.39 is 27.1 Å². The number of carbonyl (C=O) groups is 1. The standard InChI is InChI=1S/C21H22N6O6S/c1-33-17-3-2-4-18-19(17)23-21(34-18)25-9-7-24(8-10-25)6-5-22-20(28)14-11-15(26(29)30)13-16(12-14)27(31)32/h2-4,11-13H,5-10H2,1H3,(H,22,28). The van der Waals surface area contributed by atoms with Gasteiger partial charge in [-0.1, -0.05) is 17.4 Å². The quantitative estimate of drug-likeness (QED) is 0.375. The molecule has 2 aromatic carbocycles. The van der Waals surface area contributed by atoms with Crippen LogP contribution in [-0.2, 0) is 0 Å². The fourth-order valence-electron chi connectivity index (χ4n) is 3.74. The van der Waals surface area contributed by atoms with Crippen molar-refractivity contribution in [1.82, 2.24) is 15.2 Å². The summed E-state index contributed by atoms with van der Waals surface area (Å²) in [5, 5.41) is 25.7. The first-order valence-corrected chi connectivity index (χ1v) is 11.3. The van der Waals surface area contributed by atoms with E-state index in [4.69, 9.17) is 9.72 Å². The first-order chi connectivity index (χ1) is 16.4. The second kappa shape index (κ2) is 9.97. The Morgan fingerprint density at radius 1 is 1.12 bits per heavy atom. The van der Waals surface area contributed by atoms with Crippen molar-refractivity contribution < 1.29 is 19.4 Å². The van der Waals surface area contributed by atoms with Crippen LogP contribution in [0.1, 0.15) is 10.4 Å². The van der Waals surface area contributed by atoms with E-state index in [0.29, 0.717) is 13.1 Å². The van der Waals surface area contributed by atoms with E-state index in [0.717, 1.165) is 65.5 Å². The van der Waals surface area contributed by atoms with Gasteiger partial charge in [0.15, 0.2) is 5.13 Å². The third-order valence-electron chi connectivity index (χ3n) is 5.53. The van der Waals surface area contributed by atoms with Crippen molar-refractivity contribution in [2.45, 2.75) is 0 Å². The van der Waals surface area contributed by atoms with E-state index in [-0.39, 0.29) is 5.56 Å². The molecule has 34 heavy (non-hydrogen) atoms. The lowest BCUT2D eigenvalue weighted by Crippen LogP contribution is -2.48. The number of nitrogens with zero attached hydrogens (tertiary/aromatic N) is 5. The SMILES string of the molecule is COc1cccc2sc(N3CCN(CCNC(=O)c4cc([N+](=O)[O-])cc([N+](=O)[O-])c4)CC3)nc12. The lowest BCUT2D eigenvalue weighted by Gasteiger charge is -2.34. The Morgan fingerprint density at radius 3 is 2.41 bits per heavy atom. The third kappa shape index (κ3) is 5.05. The number of hydrogen-bond acceptors (Lipinski definition) is 10. The van der Waals surface area contributed by atoms with Crippen LogP contribution in [0.25, 0.3) is 10.2 Å². The molecule has 13 heteroatoms. The fourth-order valence-corrected chi connectivity index (χ4v) is 4.78. The van der Waals surface area contributed by atoms with Gasteiger partial charge < -0.3 is 15.0 Å². The van der Waals surface area contributed by atoms with Crippen LogP contribution >= 0.6 is 11.3 Å². The van der Waals surface area contributed by atoms with Crippen molar-refractivity contribution in [1.29, 1.82) is 0 Å². The topological polar surface area (TPSA) is 144 Å². The highest BCUT2D eigenvalue weighted by Crippen LogP contribution is 2.34. The lowest BCUT2D eigenvalue weighted by molar-refractivity contribution is -0.394. The van der Waals surface area contributed by atoms with Crippen LogP contribution in [0.3, 0.4) is 0 Å². The molecule has 1 fully saturated rings. The number of carbonyl (C=O) groups excluding carboxylic acids is 1. The van der Waals surface area contributed by atoms with Crippen molar-refractivity contribution in [3.05, 3.63) is 62.2 Å². The molecule has 1 aliphatic heterocycles. The summed E-state index contributed by atoms with van der Waals surface area (Å²) < 4.78 is 6.46. The number of thiazole rings is 1. The molecule has 3 aromatic rings. The number of nitro benzene ring substituents is 2. The molecule has 2 heterocycles. The highest BCUT2D eigenvalue weighted by atomic mass is 32.1. The molecular weight excluding hydrogens is 464 g/mol. The van der Waals surface area contributed by atoms with Crippen LogP contribution in [0.15, 0.2) is 36.4 Å². The molecule has 0 aliphatic carbocycles. The highest BCUT2D eigenvalue weighted by Gasteiger charge is 2.22. The summed E-state index contributed by atoms with van der Waals surface area (Å²) in [6.07, 6.45) is 0. The van der Waals surface area contributed by atoms with Gasteiger partial charge in [0.05, 0.1) is 33.3 Å². The first-order valence-electron chi connectivity index (χ1n) is 10.5. The Balaban J connectivity index is 1.30. The number of aromatic nitrogens is 1. The van der Waals surface area contributed by atoms with Crippen molar-refractivity contribution >= 4 is 44.0 Å². The summed E-state index contributed by atoms with van der Waals surface area (Å²) in [4.78, 5) is 42.1. The normalized spacial score (nSPS) is 14.2. The van der Waals surface area contributed by atoms with Crippen LogP contribution < -0.4 is 15.0 Å². The summed E-state index contributed by atoms with van der Waals surface area (Å²) in [5.41, 5.74) is -0.251. The molecule has 1 aromatic heterocycles. The Hall–Kier alpha value is -3.84. The molecule has 0 saturated carbocycles. The van der Waals surface area contributed by atoms with Crippen molar-refractivity contribution in [2.75, 3.05) is 51.3 Å². The van der Waals surface area contributed by atoms with Gasteiger partial charge in [0.2, 0.25) is 0 Å². The molecule has 0 unspecified atom stereocenters. The zero-order valence-corrected chi connectivity index (χ0v) is 19.1. The number of methoxy groups -OCH3 is 1. The first kappa shape index (κ1) is 23.3. The van der Waals surface area contributed by atoms with Gasteiger partial charge in [-0.3, -0.25) is 29.9 Å². The molecule has 12 nitrogen and oxygen atoms in total. The molecule has 1 amide bonds. The summed E-state index contributed by atoms with van der Waals surface area (Å²) in [6.45, 7) is 4.04. The van der Waals surface area contributed by atoms with Crippen LogP contribution in [0.4, 0.5) is 16.5 Å². The fraction of sp³-hybridized carbons (Fsp3) is 0.333. The molecule has 1 saturated heterocycles. The highest BCUT2D eigenvalue weighted by molar-refractivity contribution is 7.22. The minimum atomic E-state index is -0.759. The molecule has 0 atom stereocenters. The number of para-hydroxylation sites is 1. The van der Waals surface area contributed by atoms with Crippen LogP contribution in [0, 0.1) is 20.2 Å². The Kier molecular flexibility index (Phi) is 6.84. The van der Waals surface area contributed by atoms with E-state index >= 15 is 0 Å². The number of nitrogens with one attached hydrogen (secondary N) is 1. The number of anilines is 1. The van der Waals surface area contributed by atoms with Gasteiger partial charge in [0, 0.05) is 51.4 Å². The Bertz CT molecular complexity index is 1210. The summed E-state index contributed by atoms with van der Waals surface area (Å²) in [6, 6.07) is 8.76. The average molecular weight is 487 g/mol. The predicted molar refractivity (Wildman–Crippen MR) is 127 cm³/mol. The predicted octanol–water partition coefficient (Wildman–Crippen LogP) is 2.67. The van der Waals surface area contributed by atoms with Gasteiger partial charge in [-0.15, -0.1) is 0 Å².